The lowest BCUT2D eigenvalue weighted by molar-refractivity contribution is 0.0952. The zero-order valence-corrected chi connectivity index (χ0v) is 14.8. The Kier molecular flexibility index (Phi) is 4.82. The molecular formula is C22H23N3O. The van der Waals surface area contributed by atoms with Gasteiger partial charge >= 0.3 is 0 Å². The van der Waals surface area contributed by atoms with Crippen LogP contribution in [0.2, 0.25) is 0 Å². The van der Waals surface area contributed by atoms with Gasteiger partial charge in [-0.3, -0.25) is 9.78 Å². The normalized spacial score (nSPS) is 14.4. The Hall–Kier alpha value is -2.88. The molecule has 26 heavy (non-hydrogen) atoms. The first-order valence-corrected chi connectivity index (χ1v) is 9.27. The molecule has 2 aromatic carbocycles. The molecule has 0 spiro atoms. The molecule has 0 radical (unpaired) electrons. The third-order valence-electron chi connectivity index (χ3n) is 5.00. The minimum atomic E-state index is -0.0660. The van der Waals surface area contributed by atoms with E-state index in [9.17, 15) is 4.79 Å². The maximum atomic E-state index is 12.6. The van der Waals surface area contributed by atoms with E-state index in [-0.39, 0.29) is 5.91 Å². The Morgan fingerprint density at radius 1 is 0.962 bits per heavy atom. The highest BCUT2D eigenvalue weighted by Gasteiger charge is 2.12. The van der Waals surface area contributed by atoms with Gasteiger partial charge in [-0.25, -0.2) is 0 Å². The van der Waals surface area contributed by atoms with Crippen molar-refractivity contribution in [2.24, 2.45) is 0 Å². The van der Waals surface area contributed by atoms with Crippen LogP contribution in [-0.2, 0) is 6.54 Å². The number of rotatable bonds is 4. The number of aromatic nitrogens is 1. The van der Waals surface area contributed by atoms with E-state index in [1.165, 1.54) is 24.9 Å². The summed E-state index contributed by atoms with van der Waals surface area (Å²) in [6, 6.07) is 18.0. The van der Waals surface area contributed by atoms with E-state index in [2.05, 4.69) is 39.5 Å². The Labute approximate surface area is 153 Å². The zero-order chi connectivity index (χ0) is 17.8. The topological polar surface area (TPSA) is 45.2 Å². The van der Waals surface area contributed by atoms with Gasteiger partial charge in [-0.2, -0.15) is 0 Å². The highest BCUT2D eigenvalue weighted by Crippen LogP contribution is 2.20. The van der Waals surface area contributed by atoms with Crippen molar-refractivity contribution in [3.05, 3.63) is 71.9 Å². The lowest BCUT2D eigenvalue weighted by Gasteiger charge is -2.28. The first-order chi connectivity index (χ1) is 12.8. The SMILES string of the molecule is O=C(NCc1ccc(N2CCCCC2)cc1)c1ccnc2ccccc12. The fraction of sp³-hybridized carbons (Fsp3) is 0.273. The molecular weight excluding hydrogens is 322 g/mol. The number of para-hydroxylation sites is 1. The monoisotopic (exact) mass is 345 g/mol. The number of benzene rings is 2. The predicted octanol–water partition coefficient (Wildman–Crippen LogP) is 4.16. The quantitative estimate of drug-likeness (QED) is 0.772. The highest BCUT2D eigenvalue weighted by molar-refractivity contribution is 6.05. The van der Waals surface area contributed by atoms with Gasteiger partial charge in [0.15, 0.2) is 0 Å². The fourth-order valence-corrected chi connectivity index (χ4v) is 3.55. The number of hydrogen-bond acceptors (Lipinski definition) is 3. The summed E-state index contributed by atoms with van der Waals surface area (Å²) in [5.41, 5.74) is 3.89. The molecule has 1 aromatic heterocycles. The second kappa shape index (κ2) is 7.56. The molecule has 1 fully saturated rings. The minimum absolute atomic E-state index is 0.0660. The van der Waals surface area contributed by atoms with Crippen molar-refractivity contribution < 1.29 is 4.79 Å². The molecule has 3 aromatic rings. The molecule has 4 heteroatoms. The molecule has 4 nitrogen and oxygen atoms in total. The van der Waals surface area contributed by atoms with Gasteiger partial charge in [-0.15, -0.1) is 0 Å². The van der Waals surface area contributed by atoms with Crippen LogP contribution in [0.1, 0.15) is 35.2 Å². The van der Waals surface area contributed by atoms with Crippen molar-refractivity contribution in [3.8, 4) is 0 Å². The van der Waals surface area contributed by atoms with Crippen LogP contribution in [-0.4, -0.2) is 24.0 Å². The van der Waals surface area contributed by atoms with Crippen LogP contribution in [0.25, 0.3) is 10.9 Å². The molecule has 0 aliphatic carbocycles. The number of carbonyl (C=O) groups is 1. The molecule has 1 amide bonds. The van der Waals surface area contributed by atoms with Crippen molar-refractivity contribution >= 4 is 22.5 Å². The van der Waals surface area contributed by atoms with Gasteiger partial charge in [0.05, 0.1) is 11.1 Å². The molecule has 0 atom stereocenters. The largest absolute Gasteiger partial charge is 0.372 e. The van der Waals surface area contributed by atoms with Crippen molar-refractivity contribution in [2.75, 3.05) is 18.0 Å². The summed E-state index contributed by atoms with van der Waals surface area (Å²) in [5, 5.41) is 3.91. The van der Waals surface area contributed by atoms with Gasteiger partial charge in [-0.05, 0) is 49.1 Å². The summed E-state index contributed by atoms with van der Waals surface area (Å²) in [6.07, 6.45) is 5.57. The Morgan fingerprint density at radius 3 is 2.54 bits per heavy atom. The number of piperidine rings is 1. The smallest absolute Gasteiger partial charge is 0.252 e. The van der Waals surface area contributed by atoms with Gasteiger partial charge in [0.2, 0.25) is 0 Å². The van der Waals surface area contributed by atoms with E-state index in [0.29, 0.717) is 12.1 Å². The van der Waals surface area contributed by atoms with Gasteiger partial charge in [0, 0.05) is 36.9 Å². The van der Waals surface area contributed by atoms with E-state index < -0.39 is 0 Å². The third-order valence-corrected chi connectivity index (χ3v) is 5.00. The van der Waals surface area contributed by atoms with E-state index in [1.807, 2.05) is 24.3 Å². The molecule has 132 valence electrons. The fourth-order valence-electron chi connectivity index (χ4n) is 3.55. The molecule has 2 heterocycles. The number of amides is 1. The second-order valence-corrected chi connectivity index (χ2v) is 6.77. The molecule has 1 N–H and O–H groups in total. The number of nitrogens with zero attached hydrogens (tertiary/aromatic N) is 2. The number of pyridine rings is 1. The second-order valence-electron chi connectivity index (χ2n) is 6.77. The molecule has 1 saturated heterocycles. The van der Waals surface area contributed by atoms with E-state index in [0.717, 1.165) is 29.6 Å². The Bertz CT molecular complexity index is 893. The Morgan fingerprint density at radius 2 is 1.73 bits per heavy atom. The van der Waals surface area contributed by atoms with Crippen molar-refractivity contribution in [2.45, 2.75) is 25.8 Å². The Balaban J connectivity index is 1.42. The van der Waals surface area contributed by atoms with Crippen LogP contribution in [0.3, 0.4) is 0 Å². The number of fused-ring (bicyclic) bond motifs is 1. The minimum Gasteiger partial charge on any atom is -0.372 e. The maximum Gasteiger partial charge on any atom is 0.252 e. The lowest BCUT2D eigenvalue weighted by atomic mass is 10.1. The van der Waals surface area contributed by atoms with Crippen LogP contribution in [0.4, 0.5) is 5.69 Å². The van der Waals surface area contributed by atoms with Crippen LogP contribution in [0.5, 0.6) is 0 Å². The molecule has 0 bridgehead atoms. The van der Waals surface area contributed by atoms with Gasteiger partial charge in [0.1, 0.15) is 0 Å². The zero-order valence-electron chi connectivity index (χ0n) is 14.8. The number of carbonyl (C=O) groups excluding carboxylic acids is 1. The van der Waals surface area contributed by atoms with Crippen LogP contribution >= 0.6 is 0 Å². The van der Waals surface area contributed by atoms with Crippen LogP contribution < -0.4 is 10.2 Å². The molecule has 0 unspecified atom stereocenters. The first kappa shape index (κ1) is 16.6. The molecule has 1 aliphatic heterocycles. The summed E-state index contributed by atoms with van der Waals surface area (Å²) in [7, 11) is 0. The van der Waals surface area contributed by atoms with Crippen molar-refractivity contribution in [1.29, 1.82) is 0 Å². The highest BCUT2D eigenvalue weighted by atomic mass is 16.1. The summed E-state index contributed by atoms with van der Waals surface area (Å²) in [5.74, 6) is -0.0660. The molecule has 1 aliphatic rings. The van der Waals surface area contributed by atoms with Crippen molar-refractivity contribution in [1.82, 2.24) is 10.3 Å². The van der Waals surface area contributed by atoms with Crippen molar-refractivity contribution in [3.63, 3.8) is 0 Å². The molecule has 4 rings (SSSR count). The van der Waals surface area contributed by atoms with E-state index in [1.54, 1.807) is 12.3 Å². The maximum absolute atomic E-state index is 12.6. The number of hydrogen-bond donors (Lipinski definition) is 1. The number of anilines is 1. The average Bonchev–Trinajstić information content (AvgIpc) is 2.72. The summed E-state index contributed by atoms with van der Waals surface area (Å²) in [6.45, 7) is 2.81. The summed E-state index contributed by atoms with van der Waals surface area (Å²) >= 11 is 0. The van der Waals surface area contributed by atoms with Gasteiger partial charge in [0.25, 0.3) is 5.91 Å². The standard InChI is InChI=1S/C22H23N3O/c26-22(20-12-13-23-21-7-3-2-6-19(20)21)24-16-17-8-10-18(11-9-17)25-14-4-1-5-15-25/h2-3,6-13H,1,4-5,14-16H2,(H,24,26). The van der Waals surface area contributed by atoms with Crippen LogP contribution in [0.15, 0.2) is 60.8 Å². The van der Waals surface area contributed by atoms with Crippen LogP contribution in [0, 0.1) is 0 Å². The van der Waals surface area contributed by atoms with Gasteiger partial charge in [-0.1, -0.05) is 30.3 Å². The predicted molar refractivity (Wildman–Crippen MR) is 105 cm³/mol. The lowest BCUT2D eigenvalue weighted by Crippen LogP contribution is -2.29. The first-order valence-electron chi connectivity index (χ1n) is 9.27. The summed E-state index contributed by atoms with van der Waals surface area (Å²) < 4.78 is 0. The van der Waals surface area contributed by atoms with Gasteiger partial charge < -0.3 is 10.2 Å². The van der Waals surface area contributed by atoms with E-state index in [4.69, 9.17) is 0 Å². The third kappa shape index (κ3) is 3.54. The average molecular weight is 345 g/mol. The van der Waals surface area contributed by atoms with E-state index >= 15 is 0 Å². The molecule has 0 saturated carbocycles. The summed E-state index contributed by atoms with van der Waals surface area (Å²) in [4.78, 5) is 19.4. The number of nitrogens with one attached hydrogen (secondary N) is 1.